The molecule has 0 saturated heterocycles. The Morgan fingerprint density at radius 2 is 1.71 bits per heavy atom. The minimum absolute atomic E-state index is 0.0223. The van der Waals surface area contributed by atoms with E-state index < -0.39 is 22.0 Å². The molecule has 2 aromatic carbocycles. The van der Waals surface area contributed by atoms with E-state index in [4.69, 9.17) is 9.29 Å². The number of anilines is 1. The molecule has 0 radical (unpaired) electrons. The Morgan fingerprint density at radius 3 is 2.50 bits per heavy atom. The van der Waals surface area contributed by atoms with Crippen molar-refractivity contribution in [3.8, 4) is 5.75 Å². The van der Waals surface area contributed by atoms with Gasteiger partial charge in [0.05, 0.1) is 17.0 Å². The van der Waals surface area contributed by atoms with Crippen LogP contribution in [0.5, 0.6) is 5.75 Å². The van der Waals surface area contributed by atoms with Crippen molar-refractivity contribution in [2.75, 3.05) is 5.32 Å². The number of carboxylic acids is 1. The number of rotatable bonds is 7. The minimum Gasteiger partial charge on any atom is -0.481 e. The van der Waals surface area contributed by atoms with Crippen LogP contribution in [0.4, 0.5) is 5.69 Å². The molecule has 1 amide bonds. The van der Waals surface area contributed by atoms with Crippen molar-refractivity contribution in [3.05, 3.63) is 64.6 Å². The number of benzene rings is 2. The van der Waals surface area contributed by atoms with Crippen LogP contribution in [-0.2, 0) is 26.1 Å². The van der Waals surface area contributed by atoms with Crippen molar-refractivity contribution in [1.82, 2.24) is 0 Å². The molecule has 0 saturated carbocycles. The zero-order chi connectivity index (χ0) is 20.1. The van der Waals surface area contributed by atoms with E-state index in [-0.39, 0.29) is 29.2 Å². The van der Waals surface area contributed by atoms with Gasteiger partial charge in [-0.1, -0.05) is 36.4 Å². The summed E-state index contributed by atoms with van der Waals surface area (Å²) in [5.41, 5.74) is 2.08. The molecular formula is C20H19NO6S. The molecule has 0 aliphatic heterocycles. The van der Waals surface area contributed by atoms with Crippen molar-refractivity contribution >= 4 is 33.8 Å². The van der Waals surface area contributed by atoms with Crippen molar-refractivity contribution in [1.29, 1.82) is 0 Å². The number of aryl methyl sites for hydroxylation is 1. The molecule has 0 spiro atoms. The minimum atomic E-state index is -4.05. The van der Waals surface area contributed by atoms with Crippen LogP contribution >= 0.6 is 0 Å². The van der Waals surface area contributed by atoms with E-state index in [1.807, 2.05) is 24.3 Å². The van der Waals surface area contributed by atoms with Gasteiger partial charge in [0.2, 0.25) is 5.91 Å². The Kier molecular flexibility index (Phi) is 5.79. The molecule has 2 N–H and O–H groups in total. The molecule has 0 atom stereocenters. The Labute approximate surface area is 162 Å². The highest BCUT2D eigenvalue weighted by molar-refractivity contribution is 7.91. The average molecular weight is 401 g/mol. The van der Waals surface area contributed by atoms with E-state index >= 15 is 0 Å². The van der Waals surface area contributed by atoms with Crippen LogP contribution in [0.2, 0.25) is 0 Å². The monoisotopic (exact) mass is 401 g/mol. The maximum atomic E-state index is 12.7. The van der Waals surface area contributed by atoms with E-state index in [0.29, 0.717) is 12.8 Å². The molecule has 3 rings (SSSR count). The van der Waals surface area contributed by atoms with Crippen LogP contribution in [0.15, 0.2) is 53.4 Å². The number of nitrogens with one attached hydrogen (secondary N) is 1. The van der Waals surface area contributed by atoms with Gasteiger partial charge in [0.1, 0.15) is 0 Å². The van der Waals surface area contributed by atoms with Crippen LogP contribution in [0, 0.1) is 0 Å². The van der Waals surface area contributed by atoms with Crippen molar-refractivity contribution < 1.29 is 27.3 Å². The molecular weight excluding hydrogens is 382 g/mol. The summed E-state index contributed by atoms with van der Waals surface area (Å²) in [5, 5.41) is 11.2. The Morgan fingerprint density at radius 1 is 1.00 bits per heavy atom. The van der Waals surface area contributed by atoms with E-state index in [9.17, 15) is 18.0 Å². The quantitative estimate of drug-likeness (QED) is 0.690. The number of allylic oxidation sites excluding steroid dienone is 1. The van der Waals surface area contributed by atoms with Crippen LogP contribution in [0.3, 0.4) is 0 Å². The Hall–Kier alpha value is -3.13. The van der Waals surface area contributed by atoms with Crippen LogP contribution in [0.25, 0.3) is 6.08 Å². The maximum Gasteiger partial charge on any atom is 0.335 e. The van der Waals surface area contributed by atoms with Gasteiger partial charge < -0.3 is 14.6 Å². The third-order valence-corrected chi connectivity index (χ3v) is 5.62. The van der Waals surface area contributed by atoms with Gasteiger partial charge in [-0.25, -0.2) is 0 Å². The third kappa shape index (κ3) is 4.77. The fourth-order valence-corrected chi connectivity index (χ4v) is 3.96. The molecule has 1 aliphatic carbocycles. The topological polar surface area (TPSA) is 110 Å². The second-order valence-electron chi connectivity index (χ2n) is 6.28. The smallest absolute Gasteiger partial charge is 0.335 e. The van der Waals surface area contributed by atoms with Gasteiger partial charge in [-0.2, -0.15) is 8.42 Å². The van der Waals surface area contributed by atoms with E-state index in [1.54, 1.807) is 18.2 Å². The number of carbonyl (C=O) groups is 2. The highest BCUT2D eigenvalue weighted by Gasteiger charge is 2.25. The number of amides is 1. The molecule has 0 heterocycles. The molecule has 2 aromatic rings. The predicted octanol–water partition coefficient (Wildman–Crippen LogP) is 3.19. The zero-order valence-corrected chi connectivity index (χ0v) is 15.7. The standard InChI is InChI=1S/C20H19NO6S/c22-19(11-12-20(23)24)21-17-7-3-4-8-18(17)27-28(25,26)16-10-9-14-5-1-2-6-15(14)13-16/h1-8,13H,9-12H2,(H,21,22)(H,23,24). The lowest BCUT2D eigenvalue weighted by molar-refractivity contribution is -0.138. The zero-order valence-electron chi connectivity index (χ0n) is 14.9. The Balaban J connectivity index is 1.79. The van der Waals surface area contributed by atoms with Crippen LogP contribution in [-0.4, -0.2) is 25.4 Å². The first-order chi connectivity index (χ1) is 13.3. The summed E-state index contributed by atoms with van der Waals surface area (Å²) in [4.78, 5) is 22.6. The second kappa shape index (κ2) is 8.26. The van der Waals surface area contributed by atoms with Crippen molar-refractivity contribution in [3.63, 3.8) is 0 Å². The number of hydrogen-bond acceptors (Lipinski definition) is 5. The number of aliphatic carboxylic acids is 1. The highest BCUT2D eigenvalue weighted by Crippen LogP contribution is 2.31. The van der Waals surface area contributed by atoms with Gasteiger partial charge in [0.15, 0.2) is 5.75 Å². The number of hydrogen-bond donors (Lipinski definition) is 2. The normalized spacial score (nSPS) is 13.2. The van der Waals surface area contributed by atoms with Crippen LogP contribution in [0.1, 0.15) is 30.4 Å². The number of fused-ring (bicyclic) bond motifs is 1. The molecule has 28 heavy (non-hydrogen) atoms. The van der Waals surface area contributed by atoms with Gasteiger partial charge in [-0.15, -0.1) is 0 Å². The predicted molar refractivity (Wildman–Crippen MR) is 104 cm³/mol. The molecule has 0 unspecified atom stereocenters. The van der Waals surface area contributed by atoms with Gasteiger partial charge in [0.25, 0.3) is 0 Å². The van der Waals surface area contributed by atoms with E-state index in [1.165, 1.54) is 12.1 Å². The summed E-state index contributed by atoms with van der Waals surface area (Å²) in [6, 6.07) is 13.7. The summed E-state index contributed by atoms with van der Waals surface area (Å²) in [6.45, 7) is 0. The van der Waals surface area contributed by atoms with Gasteiger partial charge in [-0.3, -0.25) is 9.59 Å². The molecule has 8 heteroatoms. The van der Waals surface area contributed by atoms with E-state index in [0.717, 1.165) is 11.1 Å². The second-order valence-corrected chi connectivity index (χ2v) is 7.88. The lowest BCUT2D eigenvalue weighted by Gasteiger charge is -2.18. The lowest BCUT2D eigenvalue weighted by Crippen LogP contribution is -2.17. The van der Waals surface area contributed by atoms with Crippen LogP contribution < -0.4 is 9.50 Å². The molecule has 0 bridgehead atoms. The first kappa shape index (κ1) is 19.6. The molecule has 0 aromatic heterocycles. The molecule has 0 fully saturated rings. The Bertz CT molecular complexity index is 1040. The lowest BCUT2D eigenvalue weighted by atomic mass is 9.98. The summed E-state index contributed by atoms with van der Waals surface area (Å²) in [6.07, 6.45) is 1.98. The average Bonchev–Trinajstić information content (AvgIpc) is 2.67. The summed E-state index contributed by atoms with van der Waals surface area (Å²) >= 11 is 0. The van der Waals surface area contributed by atoms with Gasteiger partial charge in [0, 0.05) is 6.42 Å². The SMILES string of the molecule is O=C(O)CCC(=O)Nc1ccccc1OS(=O)(=O)C1=Cc2ccccc2CC1. The summed E-state index contributed by atoms with van der Waals surface area (Å²) in [5.74, 6) is -1.65. The van der Waals surface area contributed by atoms with E-state index in [2.05, 4.69) is 5.32 Å². The van der Waals surface area contributed by atoms with Crippen molar-refractivity contribution in [2.45, 2.75) is 25.7 Å². The number of carboxylic acid groups (broad SMARTS) is 1. The molecule has 1 aliphatic rings. The largest absolute Gasteiger partial charge is 0.481 e. The van der Waals surface area contributed by atoms with Gasteiger partial charge >= 0.3 is 16.1 Å². The first-order valence-corrected chi connectivity index (χ1v) is 10.1. The fraction of sp³-hybridized carbons (Fsp3) is 0.200. The highest BCUT2D eigenvalue weighted by atomic mass is 32.2. The fourth-order valence-electron chi connectivity index (χ4n) is 2.85. The number of para-hydroxylation sites is 2. The maximum absolute atomic E-state index is 12.7. The first-order valence-electron chi connectivity index (χ1n) is 8.69. The summed E-state index contributed by atoms with van der Waals surface area (Å²) < 4.78 is 30.8. The molecule has 146 valence electrons. The van der Waals surface area contributed by atoms with Crippen molar-refractivity contribution in [2.24, 2.45) is 0 Å². The van der Waals surface area contributed by atoms with Gasteiger partial charge in [-0.05, 0) is 42.2 Å². The number of carbonyl (C=O) groups excluding carboxylic acids is 1. The third-order valence-electron chi connectivity index (χ3n) is 4.26. The molecule has 7 nitrogen and oxygen atoms in total. The summed E-state index contributed by atoms with van der Waals surface area (Å²) in [7, 11) is -4.05.